The number of hydrogen-bond donors (Lipinski definition) is 0. The first-order valence-electron chi connectivity index (χ1n) is 5.95. The zero-order valence-electron chi connectivity index (χ0n) is 11.3. The molecule has 0 aliphatic heterocycles. The standard InChI is InChI=1S/C13H22O4/c1-6-9-13(10(4)5,11(14)16-7-2)12(15)17-8-3/h6,9-10H,7-8H2,1-5H3/b9-6+. The van der Waals surface area contributed by atoms with Crippen LogP contribution in [0.1, 0.15) is 34.6 Å². The van der Waals surface area contributed by atoms with Crippen LogP contribution in [0.15, 0.2) is 12.2 Å². The van der Waals surface area contributed by atoms with Gasteiger partial charge >= 0.3 is 11.9 Å². The maximum atomic E-state index is 12.0. The number of ether oxygens (including phenoxy) is 2. The molecule has 0 atom stereocenters. The third kappa shape index (κ3) is 3.32. The monoisotopic (exact) mass is 242 g/mol. The van der Waals surface area contributed by atoms with Crippen LogP contribution in [0.25, 0.3) is 0 Å². The van der Waals surface area contributed by atoms with E-state index in [1.54, 1.807) is 46.8 Å². The highest BCUT2D eigenvalue weighted by atomic mass is 16.6. The van der Waals surface area contributed by atoms with Crippen molar-refractivity contribution in [2.24, 2.45) is 11.3 Å². The van der Waals surface area contributed by atoms with Gasteiger partial charge in [0.05, 0.1) is 13.2 Å². The van der Waals surface area contributed by atoms with Crippen molar-refractivity contribution in [2.75, 3.05) is 13.2 Å². The zero-order valence-corrected chi connectivity index (χ0v) is 11.3. The minimum absolute atomic E-state index is 0.225. The first kappa shape index (κ1) is 15.7. The van der Waals surface area contributed by atoms with E-state index in [4.69, 9.17) is 9.47 Å². The summed E-state index contributed by atoms with van der Waals surface area (Å²) in [6.45, 7) is 9.26. The highest BCUT2D eigenvalue weighted by Crippen LogP contribution is 2.33. The highest BCUT2D eigenvalue weighted by Gasteiger charge is 2.49. The van der Waals surface area contributed by atoms with Crippen molar-refractivity contribution in [2.45, 2.75) is 34.6 Å². The minimum Gasteiger partial charge on any atom is -0.465 e. The lowest BCUT2D eigenvalue weighted by Crippen LogP contribution is -2.44. The van der Waals surface area contributed by atoms with Crippen molar-refractivity contribution in [3.05, 3.63) is 12.2 Å². The lowest BCUT2D eigenvalue weighted by Gasteiger charge is -2.29. The third-order valence-corrected chi connectivity index (χ3v) is 2.57. The molecule has 0 saturated carbocycles. The Bertz CT molecular complexity index is 274. The number of hydrogen-bond acceptors (Lipinski definition) is 4. The Morgan fingerprint density at radius 2 is 1.53 bits per heavy atom. The van der Waals surface area contributed by atoms with Crippen LogP contribution in [0.4, 0.5) is 0 Å². The largest absolute Gasteiger partial charge is 0.465 e. The van der Waals surface area contributed by atoms with Crippen LogP contribution in [0.2, 0.25) is 0 Å². The molecular formula is C13H22O4. The van der Waals surface area contributed by atoms with E-state index in [9.17, 15) is 9.59 Å². The molecule has 0 saturated heterocycles. The second-order valence-electron chi connectivity index (χ2n) is 3.96. The number of esters is 2. The van der Waals surface area contributed by atoms with Gasteiger partial charge in [-0.2, -0.15) is 0 Å². The fourth-order valence-electron chi connectivity index (χ4n) is 1.65. The van der Waals surface area contributed by atoms with Gasteiger partial charge in [-0.3, -0.25) is 9.59 Å². The predicted octanol–water partition coefficient (Wildman–Crippen LogP) is 2.33. The molecule has 0 N–H and O–H groups in total. The average Bonchev–Trinajstić information content (AvgIpc) is 2.25. The van der Waals surface area contributed by atoms with Crippen LogP contribution in [0.5, 0.6) is 0 Å². The van der Waals surface area contributed by atoms with Crippen molar-refractivity contribution in [3.8, 4) is 0 Å². The molecule has 0 bridgehead atoms. The summed E-state index contributed by atoms with van der Waals surface area (Å²) in [5.41, 5.74) is -1.33. The maximum Gasteiger partial charge on any atom is 0.327 e. The maximum absolute atomic E-state index is 12.0. The zero-order chi connectivity index (χ0) is 13.5. The molecule has 0 amide bonds. The van der Waals surface area contributed by atoms with Crippen LogP contribution in [0, 0.1) is 11.3 Å². The summed E-state index contributed by atoms with van der Waals surface area (Å²) in [5, 5.41) is 0. The van der Waals surface area contributed by atoms with Gasteiger partial charge in [0.2, 0.25) is 0 Å². The first-order valence-corrected chi connectivity index (χ1v) is 5.95. The summed E-state index contributed by atoms with van der Waals surface area (Å²) in [5.74, 6) is -1.32. The summed E-state index contributed by atoms with van der Waals surface area (Å²) in [6, 6.07) is 0. The van der Waals surface area contributed by atoms with Crippen molar-refractivity contribution < 1.29 is 19.1 Å². The highest BCUT2D eigenvalue weighted by molar-refractivity contribution is 6.02. The quantitative estimate of drug-likeness (QED) is 0.407. The van der Waals surface area contributed by atoms with Crippen molar-refractivity contribution in [1.82, 2.24) is 0 Å². The Morgan fingerprint density at radius 1 is 1.12 bits per heavy atom. The molecule has 0 rings (SSSR count). The second-order valence-corrected chi connectivity index (χ2v) is 3.96. The molecule has 0 aliphatic rings. The Balaban J connectivity index is 5.42. The SMILES string of the molecule is C/C=C/C(C(=O)OCC)(C(=O)OCC)C(C)C. The van der Waals surface area contributed by atoms with Gasteiger partial charge in [-0.15, -0.1) is 0 Å². The Kier molecular flexibility index (Phi) is 6.54. The van der Waals surface area contributed by atoms with Gasteiger partial charge in [-0.1, -0.05) is 26.0 Å². The predicted molar refractivity (Wildman–Crippen MR) is 65.4 cm³/mol. The summed E-state index contributed by atoms with van der Waals surface area (Å²) in [6.07, 6.45) is 3.24. The van der Waals surface area contributed by atoms with Gasteiger partial charge < -0.3 is 9.47 Å². The molecule has 17 heavy (non-hydrogen) atoms. The lowest BCUT2D eigenvalue weighted by molar-refractivity contribution is -0.171. The van der Waals surface area contributed by atoms with E-state index < -0.39 is 17.4 Å². The molecule has 0 aromatic heterocycles. The molecule has 0 spiro atoms. The summed E-state index contributed by atoms with van der Waals surface area (Å²) < 4.78 is 10.00. The van der Waals surface area contributed by atoms with Gasteiger partial charge in [0.1, 0.15) is 0 Å². The van der Waals surface area contributed by atoms with E-state index in [1.807, 2.05) is 0 Å². The molecule has 98 valence electrons. The Labute approximate surface area is 103 Å². The normalized spacial score (nSPS) is 11.9. The van der Waals surface area contributed by atoms with Gasteiger partial charge in [-0.05, 0) is 26.7 Å². The summed E-state index contributed by atoms with van der Waals surface area (Å²) >= 11 is 0. The van der Waals surface area contributed by atoms with E-state index in [1.165, 1.54) is 0 Å². The van der Waals surface area contributed by atoms with Gasteiger partial charge in [0, 0.05) is 0 Å². The molecule has 0 unspecified atom stereocenters. The molecule has 0 fully saturated rings. The van der Waals surface area contributed by atoms with E-state index in [-0.39, 0.29) is 19.1 Å². The fraction of sp³-hybridized carbons (Fsp3) is 0.692. The van der Waals surface area contributed by atoms with Crippen molar-refractivity contribution >= 4 is 11.9 Å². The van der Waals surface area contributed by atoms with Crippen molar-refractivity contribution in [1.29, 1.82) is 0 Å². The molecule has 4 nitrogen and oxygen atoms in total. The second kappa shape index (κ2) is 7.09. The van der Waals surface area contributed by atoms with E-state index in [0.29, 0.717) is 0 Å². The number of rotatable bonds is 6. The van der Waals surface area contributed by atoms with Gasteiger partial charge in [0.15, 0.2) is 5.41 Å². The molecular weight excluding hydrogens is 220 g/mol. The Morgan fingerprint density at radius 3 is 1.76 bits per heavy atom. The fourth-order valence-corrected chi connectivity index (χ4v) is 1.65. The first-order chi connectivity index (χ1) is 7.97. The van der Waals surface area contributed by atoms with Crippen molar-refractivity contribution in [3.63, 3.8) is 0 Å². The molecule has 0 aromatic rings. The van der Waals surface area contributed by atoms with Gasteiger partial charge in [0.25, 0.3) is 0 Å². The van der Waals surface area contributed by atoms with E-state index in [0.717, 1.165) is 0 Å². The molecule has 0 radical (unpaired) electrons. The molecule has 0 heterocycles. The van der Waals surface area contributed by atoms with E-state index in [2.05, 4.69) is 0 Å². The topological polar surface area (TPSA) is 52.6 Å². The molecule has 4 heteroatoms. The molecule has 0 aliphatic carbocycles. The summed E-state index contributed by atoms with van der Waals surface area (Å²) in [7, 11) is 0. The number of carbonyl (C=O) groups is 2. The van der Waals surface area contributed by atoms with Crippen LogP contribution in [0.3, 0.4) is 0 Å². The van der Waals surface area contributed by atoms with E-state index >= 15 is 0 Å². The minimum atomic E-state index is -1.33. The lowest BCUT2D eigenvalue weighted by atomic mass is 9.76. The summed E-state index contributed by atoms with van der Waals surface area (Å²) in [4.78, 5) is 24.1. The number of allylic oxidation sites excluding steroid dienone is 1. The van der Waals surface area contributed by atoms with Crippen LogP contribution in [-0.2, 0) is 19.1 Å². The Hall–Kier alpha value is -1.32. The van der Waals surface area contributed by atoms with Crippen LogP contribution >= 0.6 is 0 Å². The van der Waals surface area contributed by atoms with Crippen LogP contribution < -0.4 is 0 Å². The van der Waals surface area contributed by atoms with Crippen LogP contribution in [-0.4, -0.2) is 25.2 Å². The molecule has 0 aromatic carbocycles. The van der Waals surface area contributed by atoms with Gasteiger partial charge in [-0.25, -0.2) is 0 Å². The average molecular weight is 242 g/mol. The number of carbonyl (C=O) groups excluding carboxylic acids is 2. The third-order valence-electron chi connectivity index (χ3n) is 2.57. The smallest absolute Gasteiger partial charge is 0.327 e.